The molecule has 0 aliphatic rings. The molecule has 0 unspecified atom stereocenters. The van der Waals surface area contributed by atoms with Crippen LogP contribution in [0.5, 0.6) is 0 Å². The summed E-state index contributed by atoms with van der Waals surface area (Å²) in [6.07, 6.45) is 1.50. The lowest BCUT2D eigenvalue weighted by Gasteiger charge is -2.10. The molecule has 0 aliphatic heterocycles. The SMILES string of the molecule is COC(=O)c1cc(N)cnc1NCc1ccc(Br)cc1. The molecule has 0 bridgehead atoms. The van der Waals surface area contributed by atoms with Gasteiger partial charge in [-0.15, -0.1) is 0 Å². The Balaban J connectivity index is 2.16. The standard InChI is InChI=1S/C14H14BrN3O2/c1-20-14(19)12-6-11(16)8-18-13(12)17-7-9-2-4-10(15)5-3-9/h2-6,8H,7,16H2,1H3,(H,17,18). The minimum atomic E-state index is -0.469. The van der Waals surface area contributed by atoms with Gasteiger partial charge in [0.05, 0.1) is 19.0 Å². The molecule has 104 valence electrons. The molecule has 0 aliphatic carbocycles. The third kappa shape index (κ3) is 3.48. The Hall–Kier alpha value is -2.08. The molecule has 0 radical (unpaired) electrons. The normalized spacial score (nSPS) is 10.1. The van der Waals surface area contributed by atoms with Crippen molar-refractivity contribution >= 4 is 33.4 Å². The molecule has 20 heavy (non-hydrogen) atoms. The molecule has 0 saturated carbocycles. The smallest absolute Gasteiger partial charge is 0.341 e. The van der Waals surface area contributed by atoms with Gasteiger partial charge >= 0.3 is 5.97 Å². The van der Waals surface area contributed by atoms with Gasteiger partial charge in [0, 0.05) is 11.0 Å². The number of hydrogen-bond acceptors (Lipinski definition) is 5. The zero-order valence-electron chi connectivity index (χ0n) is 10.9. The number of halogens is 1. The molecule has 0 atom stereocenters. The highest BCUT2D eigenvalue weighted by Crippen LogP contribution is 2.18. The third-order valence-electron chi connectivity index (χ3n) is 2.69. The molecule has 0 fully saturated rings. The first kappa shape index (κ1) is 14.3. The summed E-state index contributed by atoms with van der Waals surface area (Å²) in [4.78, 5) is 15.8. The number of carbonyl (C=O) groups excluding carboxylic acids is 1. The maximum Gasteiger partial charge on any atom is 0.341 e. The second-order valence-corrected chi connectivity index (χ2v) is 5.05. The van der Waals surface area contributed by atoms with Crippen molar-refractivity contribution in [1.82, 2.24) is 4.98 Å². The van der Waals surface area contributed by atoms with Crippen molar-refractivity contribution in [1.29, 1.82) is 0 Å². The van der Waals surface area contributed by atoms with Crippen molar-refractivity contribution < 1.29 is 9.53 Å². The van der Waals surface area contributed by atoms with E-state index in [4.69, 9.17) is 10.5 Å². The zero-order valence-corrected chi connectivity index (χ0v) is 12.5. The maximum atomic E-state index is 11.7. The van der Waals surface area contributed by atoms with Gasteiger partial charge in [0.1, 0.15) is 11.4 Å². The number of nitrogens with one attached hydrogen (secondary N) is 1. The number of aromatic nitrogens is 1. The summed E-state index contributed by atoms with van der Waals surface area (Å²) in [7, 11) is 1.32. The Morgan fingerprint density at radius 3 is 2.75 bits per heavy atom. The second kappa shape index (κ2) is 6.38. The Bertz CT molecular complexity index is 614. The number of hydrogen-bond donors (Lipinski definition) is 2. The monoisotopic (exact) mass is 335 g/mol. The number of anilines is 2. The number of nitrogens with two attached hydrogens (primary N) is 1. The van der Waals surface area contributed by atoms with Crippen molar-refractivity contribution in [2.75, 3.05) is 18.2 Å². The van der Waals surface area contributed by atoms with E-state index in [9.17, 15) is 4.79 Å². The summed E-state index contributed by atoms with van der Waals surface area (Å²) >= 11 is 3.38. The van der Waals surface area contributed by atoms with E-state index in [0.29, 0.717) is 23.6 Å². The Morgan fingerprint density at radius 1 is 1.40 bits per heavy atom. The number of rotatable bonds is 4. The number of nitrogens with zero attached hydrogens (tertiary/aromatic N) is 1. The first-order valence-corrected chi connectivity index (χ1v) is 6.71. The summed E-state index contributed by atoms with van der Waals surface area (Å²) in [6, 6.07) is 9.41. The highest BCUT2D eigenvalue weighted by molar-refractivity contribution is 9.10. The zero-order chi connectivity index (χ0) is 14.5. The van der Waals surface area contributed by atoms with E-state index in [-0.39, 0.29) is 0 Å². The van der Waals surface area contributed by atoms with E-state index in [1.807, 2.05) is 24.3 Å². The summed E-state index contributed by atoms with van der Waals surface area (Å²) in [5.41, 5.74) is 7.45. The fourth-order valence-electron chi connectivity index (χ4n) is 1.68. The third-order valence-corrected chi connectivity index (χ3v) is 3.22. The van der Waals surface area contributed by atoms with Gasteiger partial charge in [-0.25, -0.2) is 9.78 Å². The van der Waals surface area contributed by atoms with Crippen LogP contribution in [0.2, 0.25) is 0 Å². The van der Waals surface area contributed by atoms with Gasteiger partial charge in [-0.3, -0.25) is 0 Å². The molecule has 3 N–H and O–H groups in total. The fourth-order valence-corrected chi connectivity index (χ4v) is 1.94. The van der Waals surface area contributed by atoms with Gasteiger partial charge in [-0.05, 0) is 23.8 Å². The van der Waals surface area contributed by atoms with Gasteiger partial charge in [-0.1, -0.05) is 28.1 Å². The second-order valence-electron chi connectivity index (χ2n) is 4.14. The van der Waals surface area contributed by atoms with E-state index >= 15 is 0 Å². The molecule has 5 nitrogen and oxygen atoms in total. The van der Waals surface area contributed by atoms with E-state index in [1.165, 1.54) is 13.3 Å². The van der Waals surface area contributed by atoms with Crippen LogP contribution in [0.4, 0.5) is 11.5 Å². The van der Waals surface area contributed by atoms with Gasteiger partial charge in [0.15, 0.2) is 0 Å². The molecule has 2 aromatic rings. The number of esters is 1. The average Bonchev–Trinajstić information content (AvgIpc) is 2.46. The summed E-state index contributed by atoms with van der Waals surface area (Å²) in [5, 5.41) is 3.11. The number of carbonyl (C=O) groups is 1. The fraction of sp³-hybridized carbons (Fsp3) is 0.143. The minimum Gasteiger partial charge on any atom is -0.465 e. The van der Waals surface area contributed by atoms with Crippen LogP contribution >= 0.6 is 15.9 Å². The predicted molar refractivity (Wildman–Crippen MR) is 81.5 cm³/mol. The molecule has 0 amide bonds. The van der Waals surface area contributed by atoms with Gasteiger partial charge in [-0.2, -0.15) is 0 Å². The van der Waals surface area contributed by atoms with E-state index in [1.54, 1.807) is 6.07 Å². The van der Waals surface area contributed by atoms with Crippen molar-refractivity contribution in [2.24, 2.45) is 0 Å². The summed E-state index contributed by atoms with van der Waals surface area (Å²) < 4.78 is 5.73. The lowest BCUT2D eigenvalue weighted by molar-refractivity contribution is 0.0601. The predicted octanol–water partition coefficient (Wildman–Crippen LogP) is 2.83. The number of ether oxygens (including phenoxy) is 1. The van der Waals surface area contributed by atoms with Gasteiger partial charge in [0.2, 0.25) is 0 Å². The van der Waals surface area contributed by atoms with Crippen LogP contribution in [-0.4, -0.2) is 18.1 Å². The van der Waals surface area contributed by atoms with Crippen molar-refractivity contribution in [2.45, 2.75) is 6.54 Å². The summed E-state index contributed by atoms with van der Waals surface area (Å²) in [5.74, 6) is -0.0166. The topological polar surface area (TPSA) is 77.2 Å². The number of nitrogen functional groups attached to an aromatic ring is 1. The molecule has 1 heterocycles. The lowest BCUT2D eigenvalue weighted by atomic mass is 10.2. The minimum absolute atomic E-state index is 0.324. The number of methoxy groups -OCH3 is 1. The molecule has 2 rings (SSSR count). The van der Waals surface area contributed by atoms with Crippen LogP contribution in [0.3, 0.4) is 0 Å². The molecule has 1 aromatic heterocycles. The van der Waals surface area contributed by atoms with Crippen molar-refractivity contribution in [3.8, 4) is 0 Å². The van der Waals surface area contributed by atoms with E-state index < -0.39 is 5.97 Å². The van der Waals surface area contributed by atoms with Gasteiger partial charge < -0.3 is 15.8 Å². The average molecular weight is 336 g/mol. The number of benzene rings is 1. The quantitative estimate of drug-likeness (QED) is 0.840. The van der Waals surface area contributed by atoms with E-state index in [0.717, 1.165) is 10.0 Å². The van der Waals surface area contributed by atoms with Gasteiger partial charge in [0.25, 0.3) is 0 Å². The van der Waals surface area contributed by atoms with Crippen LogP contribution in [0.15, 0.2) is 41.0 Å². The largest absolute Gasteiger partial charge is 0.465 e. The Kier molecular flexibility index (Phi) is 4.57. The molecule has 1 aromatic carbocycles. The van der Waals surface area contributed by atoms with Crippen LogP contribution < -0.4 is 11.1 Å². The van der Waals surface area contributed by atoms with Crippen molar-refractivity contribution in [3.05, 3.63) is 52.1 Å². The molecular weight excluding hydrogens is 322 g/mol. The number of pyridine rings is 1. The Morgan fingerprint density at radius 2 is 2.10 bits per heavy atom. The first-order chi connectivity index (χ1) is 9.60. The molecule has 6 heteroatoms. The highest BCUT2D eigenvalue weighted by Gasteiger charge is 2.13. The first-order valence-electron chi connectivity index (χ1n) is 5.92. The lowest BCUT2D eigenvalue weighted by Crippen LogP contribution is -2.10. The maximum absolute atomic E-state index is 11.7. The molecular formula is C14H14BrN3O2. The van der Waals surface area contributed by atoms with Crippen LogP contribution in [-0.2, 0) is 11.3 Å². The van der Waals surface area contributed by atoms with Crippen molar-refractivity contribution in [3.63, 3.8) is 0 Å². The molecule has 0 spiro atoms. The molecule has 0 saturated heterocycles. The Labute approximate surface area is 125 Å². The summed E-state index contributed by atoms with van der Waals surface area (Å²) in [6.45, 7) is 0.550. The van der Waals surface area contributed by atoms with E-state index in [2.05, 4.69) is 26.2 Å². The highest BCUT2D eigenvalue weighted by atomic mass is 79.9. The van der Waals surface area contributed by atoms with Crippen LogP contribution in [0.1, 0.15) is 15.9 Å². The van der Waals surface area contributed by atoms with Crippen LogP contribution in [0, 0.1) is 0 Å². The van der Waals surface area contributed by atoms with Crippen LogP contribution in [0.25, 0.3) is 0 Å².